The Kier molecular flexibility index (Phi) is 4.65. The van der Waals surface area contributed by atoms with Gasteiger partial charge in [0.2, 0.25) is 5.96 Å². The van der Waals surface area contributed by atoms with Crippen LogP contribution in [0.4, 0.5) is 10.1 Å². The van der Waals surface area contributed by atoms with E-state index in [1.807, 2.05) is 6.92 Å². The molecule has 0 aromatic heterocycles. The second-order valence-electron chi connectivity index (χ2n) is 3.97. The molecule has 0 heterocycles. The Labute approximate surface area is 106 Å². The zero-order valence-corrected chi connectivity index (χ0v) is 10.6. The molecule has 5 N–H and O–H groups in total. The van der Waals surface area contributed by atoms with E-state index in [9.17, 15) is 4.39 Å². The number of hydrogen-bond acceptors (Lipinski definition) is 1. The van der Waals surface area contributed by atoms with Crippen molar-refractivity contribution in [1.29, 1.82) is 5.41 Å². The quantitative estimate of drug-likeness (QED) is 0.562. The Morgan fingerprint density at radius 3 is 2.61 bits per heavy atom. The first-order valence-corrected chi connectivity index (χ1v) is 5.67. The van der Waals surface area contributed by atoms with Gasteiger partial charge in [0.15, 0.2) is 5.96 Å². The third-order valence-electron chi connectivity index (χ3n) is 2.33. The summed E-state index contributed by atoms with van der Waals surface area (Å²) >= 11 is 0. The van der Waals surface area contributed by atoms with Gasteiger partial charge < -0.3 is 16.4 Å². The van der Waals surface area contributed by atoms with Gasteiger partial charge in [-0.1, -0.05) is 13.0 Å². The van der Waals surface area contributed by atoms with Crippen LogP contribution < -0.4 is 16.4 Å². The highest BCUT2D eigenvalue weighted by Gasteiger charge is 2.15. The van der Waals surface area contributed by atoms with Gasteiger partial charge in [-0.05, 0) is 31.0 Å². The molecule has 6 heteroatoms. The lowest BCUT2D eigenvalue weighted by Crippen LogP contribution is -2.34. The third-order valence-corrected chi connectivity index (χ3v) is 2.33. The Hall–Kier alpha value is -2.11. The topological polar surface area (TPSA) is 91.5 Å². The minimum absolute atomic E-state index is 0.167. The molecular weight excluding hydrogens is 233 g/mol. The van der Waals surface area contributed by atoms with Crippen molar-refractivity contribution in [2.45, 2.75) is 20.3 Å². The van der Waals surface area contributed by atoms with Gasteiger partial charge in [0.25, 0.3) is 0 Å². The van der Waals surface area contributed by atoms with Gasteiger partial charge in [0.05, 0.1) is 5.69 Å². The molecule has 18 heavy (non-hydrogen) atoms. The summed E-state index contributed by atoms with van der Waals surface area (Å²) in [6, 6.07) is 4.82. The van der Waals surface area contributed by atoms with E-state index in [0.717, 1.165) is 12.0 Å². The fraction of sp³-hybridized carbons (Fsp3) is 0.333. The molecule has 0 aliphatic heterocycles. The molecule has 0 unspecified atom stereocenters. The summed E-state index contributed by atoms with van der Waals surface area (Å²) in [6.45, 7) is 4.20. The first kappa shape index (κ1) is 14.0. The van der Waals surface area contributed by atoms with Gasteiger partial charge in [0.1, 0.15) is 5.82 Å². The molecule has 1 rings (SSSR count). The van der Waals surface area contributed by atoms with Crippen molar-refractivity contribution in [2.24, 2.45) is 16.5 Å². The lowest BCUT2D eigenvalue weighted by molar-refractivity contribution is 0.624. The van der Waals surface area contributed by atoms with E-state index in [-0.39, 0.29) is 17.7 Å². The number of nitrogens with two attached hydrogens (primary N) is 2. The summed E-state index contributed by atoms with van der Waals surface area (Å²) in [5.41, 5.74) is 11.6. The second-order valence-corrected chi connectivity index (χ2v) is 3.97. The maximum atomic E-state index is 13.9. The van der Waals surface area contributed by atoms with E-state index < -0.39 is 0 Å². The zero-order chi connectivity index (χ0) is 13.7. The number of nitrogens with zero attached hydrogens (tertiary/aromatic N) is 2. The molecule has 0 saturated carbocycles. The first-order valence-electron chi connectivity index (χ1n) is 5.67. The van der Waals surface area contributed by atoms with E-state index in [2.05, 4.69) is 4.99 Å². The predicted molar refractivity (Wildman–Crippen MR) is 72.3 cm³/mol. The fourth-order valence-corrected chi connectivity index (χ4v) is 1.58. The molecule has 0 saturated heterocycles. The Morgan fingerprint density at radius 1 is 1.44 bits per heavy atom. The monoisotopic (exact) mass is 251 g/mol. The van der Waals surface area contributed by atoms with E-state index >= 15 is 0 Å². The third kappa shape index (κ3) is 3.44. The largest absolute Gasteiger partial charge is 0.370 e. The Morgan fingerprint density at radius 2 is 2.11 bits per heavy atom. The van der Waals surface area contributed by atoms with Crippen molar-refractivity contribution in [2.75, 3.05) is 11.4 Å². The van der Waals surface area contributed by atoms with Crippen molar-refractivity contribution in [1.82, 2.24) is 0 Å². The molecule has 0 aliphatic carbocycles. The SMILES string of the molecule is CCCN(C(=N)N=C(N)N)c1ccc(C)cc1F. The maximum absolute atomic E-state index is 13.9. The highest BCUT2D eigenvalue weighted by molar-refractivity contribution is 6.01. The fourth-order valence-electron chi connectivity index (χ4n) is 1.58. The van der Waals surface area contributed by atoms with Crippen molar-refractivity contribution in [3.05, 3.63) is 29.6 Å². The number of rotatable bonds is 3. The number of guanidine groups is 2. The van der Waals surface area contributed by atoms with E-state index in [0.29, 0.717) is 12.2 Å². The standard InChI is InChI=1S/C12H18FN5/c1-3-6-18(12(16)17-11(14)15)10-5-4-8(2)7-9(10)13/h4-5,7H,3,6H2,1-2H3,(H5,14,15,16,17). The van der Waals surface area contributed by atoms with E-state index in [4.69, 9.17) is 16.9 Å². The summed E-state index contributed by atoms with van der Waals surface area (Å²) < 4.78 is 13.9. The van der Waals surface area contributed by atoms with Gasteiger partial charge in [-0.2, -0.15) is 4.99 Å². The van der Waals surface area contributed by atoms with Crippen molar-refractivity contribution in [3.8, 4) is 0 Å². The van der Waals surface area contributed by atoms with Crippen LogP contribution in [0, 0.1) is 18.2 Å². The van der Waals surface area contributed by atoms with Crippen LogP contribution in [0.25, 0.3) is 0 Å². The zero-order valence-electron chi connectivity index (χ0n) is 10.6. The van der Waals surface area contributed by atoms with E-state index in [1.165, 1.54) is 11.0 Å². The van der Waals surface area contributed by atoms with Crippen LogP contribution in [-0.4, -0.2) is 18.5 Å². The van der Waals surface area contributed by atoms with Gasteiger partial charge in [-0.25, -0.2) is 4.39 Å². The number of anilines is 1. The van der Waals surface area contributed by atoms with Crippen molar-refractivity contribution >= 4 is 17.6 Å². The molecular formula is C12H18FN5. The molecule has 0 aliphatic rings. The summed E-state index contributed by atoms with van der Waals surface area (Å²) in [4.78, 5) is 5.09. The average Bonchev–Trinajstić information content (AvgIpc) is 2.25. The van der Waals surface area contributed by atoms with Gasteiger partial charge in [-0.15, -0.1) is 0 Å². The highest BCUT2D eigenvalue weighted by Crippen LogP contribution is 2.21. The Balaban J connectivity index is 3.11. The van der Waals surface area contributed by atoms with Crippen LogP contribution in [0.1, 0.15) is 18.9 Å². The maximum Gasteiger partial charge on any atom is 0.225 e. The van der Waals surface area contributed by atoms with Crippen LogP contribution in [-0.2, 0) is 0 Å². The number of nitrogens with one attached hydrogen (secondary N) is 1. The van der Waals surface area contributed by atoms with Gasteiger partial charge >= 0.3 is 0 Å². The molecule has 0 fully saturated rings. The molecule has 0 atom stereocenters. The molecule has 5 nitrogen and oxygen atoms in total. The Bertz CT molecular complexity index is 466. The summed E-state index contributed by atoms with van der Waals surface area (Å²) in [7, 11) is 0. The minimum atomic E-state index is -0.390. The van der Waals surface area contributed by atoms with Crippen molar-refractivity contribution in [3.63, 3.8) is 0 Å². The molecule has 1 aromatic rings. The second kappa shape index (κ2) is 6.00. The number of benzene rings is 1. The average molecular weight is 251 g/mol. The highest BCUT2D eigenvalue weighted by atomic mass is 19.1. The van der Waals surface area contributed by atoms with Crippen LogP contribution in [0.15, 0.2) is 23.2 Å². The number of aryl methyl sites for hydroxylation is 1. The molecule has 0 radical (unpaired) electrons. The number of halogens is 1. The molecule has 1 aromatic carbocycles. The predicted octanol–water partition coefficient (Wildman–Crippen LogP) is 1.56. The molecule has 0 bridgehead atoms. The lowest BCUT2D eigenvalue weighted by Gasteiger charge is -2.22. The summed E-state index contributed by atoms with van der Waals surface area (Å²) in [5.74, 6) is -0.771. The van der Waals surface area contributed by atoms with Gasteiger partial charge in [-0.3, -0.25) is 5.41 Å². The number of hydrogen-bond donors (Lipinski definition) is 3. The molecule has 0 amide bonds. The van der Waals surface area contributed by atoms with Gasteiger partial charge in [0, 0.05) is 6.54 Å². The first-order chi connectivity index (χ1) is 8.45. The molecule has 0 spiro atoms. The van der Waals surface area contributed by atoms with Crippen LogP contribution in [0.5, 0.6) is 0 Å². The minimum Gasteiger partial charge on any atom is -0.370 e. The smallest absolute Gasteiger partial charge is 0.225 e. The van der Waals surface area contributed by atoms with Crippen LogP contribution >= 0.6 is 0 Å². The normalized spacial score (nSPS) is 9.94. The number of aliphatic imine (C=N–C) groups is 1. The van der Waals surface area contributed by atoms with Crippen LogP contribution in [0.2, 0.25) is 0 Å². The lowest BCUT2D eigenvalue weighted by atomic mass is 10.2. The summed E-state index contributed by atoms with van der Waals surface area (Å²) in [5, 5.41) is 7.78. The van der Waals surface area contributed by atoms with Crippen molar-refractivity contribution < 1.29 is 4.39 Å². The summed E-state index contributed by atoms with van der Waals surface area (Å²) in [6.07, 6.45) is 0.746. The van der Waals surface area contributed by atoms with Crippen LogP contribution in [0.3, 0.4) is 0 Å². The molecule has 98 valence electrons. The van der Waals surface area contributed by atoms with E-state index in [1.54, 1.807) is 19.1 Å².